The highest BCUT2D eigenvalue weighted by atomic mass is 127. The fraction of sp³-hybridized carbons (Fsp3) is 0.500. The Morgan fingerprint density at radius 3 is 2.65 bits per heavy atom. The number of benzene rings is 1. The van der Waals surface area contributed by atoms with Gasteiger partial charge in [-0.3, -0.25) is 0 Å². The maximum Gasteiger partial charge on any atom is 0.387 e. The molecule has 1 aromatic carbocycles. The van der Waals surface area contributed by atoms with E-state index in [9.17, 15) is 8.78 Å². The Kier molecular flexibility index (Phi) is 7.59. The predicted molar refractivity (Wildman–Crippen MR) is 92.8 cm³/mol. The molecule has 0 saturated carbocycles. The molecule has 0 aliphatic carbocycles. The van der Waals surface area contributed by atoms with E-state index in [2.05, 4.69) is 15.0 Å². The van der Waals surface area contributed by atoms with Gasteiger partial charge in [-0.15, -0.1) is 24.0 Å². The highest BCUT2D eigenvalue weighted by Gasteiger charge is 2.19. The largest absolute Gasteiger partial charge is 0.454 e. The first kappa shape index (κ1) is 19.5. The Morgan fingerprint density at radius 1 is 1.39 bits per heavy atom. The number of guanidine groups is 1. The molecule has 1 unspecified atom stereocenters. The van der Waals surface area contributed by atoms with Gasteiger partial charge in [-0.2, -0.15) is 8.78 Å². The molecule has 0 saturated heterocycles. The molecule has 23 heavy (non-hydrogen) atoms. The second-order valence-corrected chi connectivity index (χ2v) is 4.85. The van der Waals surface area contributed by atoms with Crippen LogP contribution in [0.25, 0.3) is 0 Å². The van der Waals surface area contributed by atoms with Crippen LogP contribution in [-0.2, 0) is 6.54 Å². The Balaban J connectivity index is 0.00000264. The number of rotatable bonds is 6. The number of hydrogen-bond acceptors (Lipinski definition) is 4. The molecule has 1 aromatic rings. The zero-order valence-corrected chi connectivity index (χ0v) is 15.2. The molecule has 1 atom stereocenters. The van der Waals surface area contributed by atoms with Gasteiger partial charge in [0.25, 0.3) is 0 Å². The first-order chi connectivity index (χ1) is 10.5. The van der Waals surface area contributed by atoms with Gasteiger partial charge in [0.1, 0.15) is 5.75 Å². The van der Waals surface area contributed by atoms with E-state index in [0.717, 1.165) is 6.42 Å². The van der Waals surface area contributed by atoms with E-state index in [1.54, 1.807) is 6.07 Å². The first-order valence-corrected chi connectivity index (χ1v) is 6.93. The van der Waals surface area contributed by atoms with Gasteiger partial charge in [-0.25, -0.2) is 4.99 Å². The summed E-state index contributed by atoms with van der Waals surface area (Å²) in [6.45, 7) is 1.19. The summed E-state index contributed by atoms with van der Waals surface area (Å²) in [4.78, 5) is 4.14. The molecule has 1 aliphatic rings. The minimum absolute atomic E-state index is 0. The van der Waals surface area contributed by atoms with Crippen molar-refractivity contribution in [1.29, 1.82) is 0 Å². The van der Waals surface area contributed by atoms with Crippen LogP contribution < -0.4 is 25.3 Å². The van der Waals surface area contributed by atoms with Crippen LogP contribution in [0.3, 0.4) is 0 Å². The topological polar surface area (TPSA) is 78.1 Å². The van der Waals surface area contributed by atoms with Crippen molar-refractivity contribution in [3.8, 4) is 17.2 Å². The van der Waals surface area contributed by atoms with Gasteiger partial charge in [0, 0.05) is 17.7 Å². The highest BCUT2D eigenvalue weighted by molar-refractivity contribution is 14.0. The molecule has 1 heterocycles. The molecule has 0 spiro atoms. The summed E-state index contributed by atoms with van der Waals surface area (Å²) in [5.41, 5.74) is 6.20. The van der Waals surface area contributed by atoms with E-state index in [-0.39, 0.29) is 55.1 Å². The van der Waals surface area contributed by atoms with E-state index in [1.165, 1.54) is 6.07 Å². The molecule has 0 bridgehead atoms. The van der Waals surface area contributed by atoms with E-state index in [0.29, 0.717) is 17.1 Å². The first-order valence-electron chi connectivity index (χ1n) is 6.93. The van der Waals surface area contributed by atoms with Crippen LogP contribution in [0.5, 0.6) is 17.2 Å². The highest BCUT2D eigenvalue weighted by Crippen LogP contribution is 2.38. The van der Waals surface area contributed by atoms with Crippen molar-refractivity contribution < 1.29 is 23.0 Å². The number of halogens is 3. The predicted octanol–water partition coefficient (Wildman–Crippen LogP) is 2.84. The lowest BCUT2D eigenvalue weighted by atomic mass is 10.1. The number of hydrogen-bond donors (Lipinski definition) is 2. The van der Waals surface area contributed by atoms with E-state index in [1.807, 2.05) is 13.8 Å². The van der Waals surface area contributed by atoms with Crippen molar-refractivity contribution in [1.82, 2.24) is 5.32 Å². The van der Waals surface area contributed by atoms with Crippen LogP contribution in [0.15, 0.2) is 17.1 Å². The lowest BCUT2D eigenvalue weighted by Gasteiger charge is -2.13. The van der Waals surface area contributed by atoms with Crippen molar-refractivity contribution in [2.75, 3.05) is 6.79 Å². The number of alkyl halides is 2. The SMILES string of the molecule is CCC(C)NC(N)=NCc1cc2c(cc1OC(F)F)OCO2.I. The monoisotopic (exact) mass is 443 g/mol. The Bertz CT molecular complexity index is 558. The summed E-state index contributed by atoms with van der Waals surface area (Å²) in [5, 5.41) is 3.00. The molecule has 6 nitrogen and oxygen atoms in total. The fourth-order valence-corrected chi connectivity index (χ4v) is 1.87. The quantitative estimate of drug-likeness (QED) is 0.402. The van der Waals surface area contributed by atoms with Crippen molar-refractivity contribution in [2.24, 2.45) is 10.7 Å². The van der Waals surface area contributed by atoms with Crippen LogP contribution in [-0.4, -0.2) is 25.4 Å². The van der Waals surface area contributed by atoms with Crippen LogP contribution in [0.4, 0.5) is 8.78 Å². The van der Waals surface area contributed by atoms with Gasteiger partial charge in [0.2, 0.25) is 6.79 Å². The third kappa shape index (κ3) is 5.56. The number of nitrogens with one attached hydrogen (secondary N) is 1. The molecule has 0 fully saturated rings. The summed E-state index contributed by atoms with van der Waals surface area (Å²) >= 11 is 0. The van der Waals surface area contributed by atoms with E-state index >= 15 is 0 Å². The second kappa shape index (κ2) is 8.94. The zero-order valence-electron chi connectivity index (χ0n) is 12.8. The number of fused-ring (bicyclic) bond motifs is 1. The van der Waals surface area contributed by atoms with Gasteiger partial charge in [0.05, 0.1) is 6.54 Å². The van der Waals surface area contributed by atoms with Crippen LogP contribution in [0.2, 0.25) is 0 Å². The van der Waals surface area contributed by atoms with Crippen LogP contribution in [0, 0.1) is 0 Å². The zero-order chi connectivity index (χ0) is 16.1. The summed E-state index contributed by atoms with van der Waals surface area (Å²) in [7, 11) is 0. The molecule has 130 valence electrons. The van der Waals surface area contributed by atoms with Crippen LogP contribution >= 0.6 is 24.0 Å². The Hall–Kier alpha value is -1.52. The van der Waals surface area contributed by atoms with Gasteiger partial charge in [0.15, 0.2) is 17.5 Å². The molecule has 0 aromatic heterocycles. The third-order valence-electron chi connectivity index (χ3n) is 3.20. The molecule has 3 N–H and O–H groups in total. The van der Waals surface area contributed by atoms with Crippen molar-refractivity contribution >= 4 is 29.9 Å². The minimum atomic E-state index is -2.93. The van der Waals surface area contributed by atoms with Crippen molar-refractivity contribution in [2.45, 2.75) is 39.5 Å². The summed E-state index contributed by atoms with van der Waals surface area (Å²) in [6, 6.07) is 3.12. The van der Waals surface area contributed by atoms with E-state index in [4.69, 9.17) is 15.2 Å². The maximum absolute atomic E-state index is 12.5. The summed E-state index contributed by atoms with van der Waals surface area (Å²) < 4.78 is 39.9. The number of aliphatic imine (C=N–C) groups is 1. The number of nitrogens with two attached hydrogens (primary N) is 1. The normalized spacial score (nSPS) is 14.4. The smallest absolute Gasteiger partial charge is 0.387 e. The average Bonchev–Trinajstić information content (AvgIpc) is 2.91. The van der Waals surface area contributed by atoms with Gasteiger partial charge in [-0.05, 0) is 19.4 Å². The van der Waals surface area contributed by atoms with Gasteiger partial charge < -0.3 is 25.3 Å². The summed E-state index contributed by atoms with van der Waals surface area (Å²) in [5.74, 6) is 1.09. The molecule has 2 rings (SSSR count). The Morgan fingerprint density at radius 2 is 2.04 bits per heavy atom. The maximum atomic E-state index is 12.5. The number of nitrogens with zero attached hydrogens (tertiary/aromatic N) is 1. The van der Waals surface area contributed by atoms with E-state index < -0.39 is 6.61 Å². The fourth-order valence-electron chi connectivity index (χ4n) is 1.87. The molecule has 1 aliphatic heterocycles. The van der Waals surface area contributed by atoms with Crippen molar-refractivity contribution in [3.63, 3.8) is 0 Å². The molecule has 0 amide bonds. The molecular formula is C14H20F2IN3O3. The Labute approximate surface area is 150 Å². The van der Waals surface area contributed by atoms with Gasteiger partial charge >= 0.3 is 6.61 Å². The van der Waals surface area contributed by atoms with Crippen LogP contribution in [0.1, 0.15) is 25.8 Å². The molecule has 9 heteroatoms. The summed E-state index contributed by atoms with van der Waals surface area (Å²) in [6.07, 6.45) is 0.889. The average molecular weight is 443 g/mol. The molecule has 0 radical (unpaired) electrons. The van der Waals surface area contributed by atoms with Crippen molar-refractivity contribution in [3.05, 3.63) is 17.7 Å². The standard InChI is InChI=1S/C14H19F2N3O3.HI/c1-3-8(2)19-14(17)18-6-9-4-11-12(21-7-20-11)5-10(9)22-13(15)16;/h4-5,8,13H,3,6-7H2,1-2H3,(H3,17,18,19);1H. The lowest BCUT2D eigenvalue weighted by molar-refractivity contribution is -0.0504. The van der Waals surface area contributed by atoms with Gasteiger partial charge in [-0.1, -0.05) is 6.92 Å². The third-order valence-corrected chi connectivity index (χ3v) is 3.20. The second-order valence-electron chi connectivity index (χ2n) is 4.85. The lowest BCUT2D eigenvalue weighted by Crippen LogP contribution is -2.38. The number of ether oxygens (including phenoxy) is 3. The molecular weight excluding hydrogens is 423 g/mol. The minimum Gasteiger partial charge on any atom is -0.454 e.